The molecule has 128 valence electrons. The fourth-order valence-corrected chi connectivity index (χ4v) is 3.60. The van der Waals surface area contributed by atoms with Crippen LogP contribution in [-0.2, 0) is 0 Å². The predicted octanol–water partition coefficient (Wildman–Crippen LogP) is 5.54. The third-order valence-corrected chi connectivity index (χ3v) is 5.09. The average Bonchev–Trinajstić information content (AvgIpc) is 2.86. The average molecular weight is 330 g/mol. The van der Waals surface area contributed by atoms with Crippen LogP contribution in [0.2, 0.25) is 0 Å². The standard InChI is InChI=1S/C23H26N2/c1-15-13-16(2)22(17(15)3)20-12-11-19(25(4)5)14-21(20)23(24)18-9-7-6-8-10-18/h6-14,16,24H,1-5H3. The zero-order valence-corrected chi connectivity index (χ0v) is 15.7. The fourth-order valence-electron chi connectivity index (χ4n) is 3.60. The van der Waals surface area contributed by atoms with Gasteiger partial charge in [0.05, 0.1) is 5.71 Å². The lowest BCUT2D eigenvalue weighted by Crippen LogP contribution is -2.12. The summed E-state index contributed by atoms with van der Waals surface area (Å²) in [7, 11) is 4.08. The first-order valence-electron chi connectivity index (χ1n) is 8.75. The number of anilines is 1. The summed E-state index contributed by atoms with van der Waals surface area (Å²) in [5.74, 6) is 0.382. The summed E-state index contributed by atoms with van der Waals surface area (Å²) in [4.78, 5) is 2.09. The van der Waals surface area contributed by atoms with Gasteiger partial charge < -0.3 is 4.90 Å². The number of hydrogen-bond acceptors (Lipinski definition) is 2. The van der Waals surface area contributed by atoms with Gasteiger partial charge in [0, 0.05) is 36.8 Å². The van der Waals surface area contributed by atoms with E-state index in [4.69, 9.17) is 5.41 Å². The van der Waals surface area contributed by atoms with Gasteiger partial charge in [-0.2, -0.15) is 0 Å². The molecular weight excluding hydrogens is 304 g/mol. The van der Waals surface area contributed by atoms with E-state index in [1.807, 2.05) is 44.4 Å². The van der Waals surface area contributed by atoms with Crippen molar-refractivity contribution in [1.82, 2.24) is 0 Å². The first-order chi connectivity index (χ1) is 11.9. The Balaban J connectivity index is 2.19. The molecule has 0 fully saturated rings. The van der Waals surface area contributed by atoms with E-state index in [1.54, 1.807) is 0 Å². The van der Waals surface area contributed by atoms with E-state index < -0.39 is 0 Å². The molecule has 2 aromatic rings. The Morgan fingerprint density at radius 1 is 1.00 bits per heavy atom. The number of benzene rings is 2. The summed E-state index contributed by atoms with van der Waals surface area (Å²) in [5, 5.41) is 8.84. The molecular formula is C23H26N2. The van der Waals surface area contributed by atoms with Crippen LogP contribution in [0.15, 0.2) is 65.8 Å². The minimum atomic E-state index is 0.382. The maximum absolute atomic E-state index is 8.84. The van der Waals surface area contributed by atoms with Crippen LogP contribution in [0.1, 0.15) is 37.5 Å². The Labute approximate surface area is 151 Å². The number of allylic oxidation sites excluding steroid dienone is 4. The van der Waals surface area contributed by atoms with Crippen LogP contribution in [0.25, 0.3) is 5.57 Å². The summed E-state index contributed by atoms with van der Waals surface area (Å²) >= 11 is 0. The van der Waals surface area contributed by atoms with Gasteiger partial charge in [-0.05, 0) is 42.7 Å². The van der Waals surface area contributed by atoms with Crippen molar-refractivity contribution in [3.05, 3.63) is 82.4 Å². The largest absolute Gasteiger partial charge is 0.378 e. The number of rotatable bonds is 4. The van der Waals surface area contributed by atoms with Gasteiger partial charge in [0.1, 0.15) is 0 Å². The van der Waals surface area contributed by atoms with Crippen LogP contribution in [-0.4, -0.2) is 19.8 Å². The van der Waals surface area contributed by atoms with Gasteiger partial charge in [-0.3, -0.25) is 5.41 Å². The van der Waals surface area contributed by atoms with Gasteiger partial charge in [0.15, 0.2) is 0 Å². The van der Waals surface area contributed by atoms with Crippen molar-refractivity contribution in [2.45, 2.75) is 20.8 Å². The molecule has 0 saturated carbocycles. The molecule has 1 aliphatic rings. The molecule has 1 N–H and O–H groups in total. The van der Waals surface area contributed by atoms with Crippen LogP contribution < -0.4 is 4.90 Å². The molecule has 0 aromatic heterocycles. The maximum Gasteiger partial charge on any atom is 0.0691 e. The molecule has 0 bridgehead atoms. The van der Waals surface area contributed by atoms with Crippen molar-refractivity contribution in [3.8, 4) is 0 Å². The second kappa shape index (κ2) is 6.72. The topological polar surface area (TPSA) is 27.1 Å². The molecule has 1 aliphatic carbocycles. The molecule has 25 heavy (non-hydrogen) atoms. The molecule has 0 radical (unpaired) electrons. The lowest BCUT2D eigenvalue weighted by Gasteiger charge is -2.20. The molecule has 0 aliphatic heterocycles. The predicted molar refractivity (Wildman–Crippen MR) is 109 cm³/mol. The second-order valence-electron chi connectivity index (χ2n) is 7.04. The lowest BCUT2D eigenvalue weighted by molar-refractivity contribution is 0.974. The van der Waals surface area contributed by atoms with E-state index in [0.717, 1.165) is 16.8 Å². The van der Waals surface area contributed by atoms with Gasteiger partial charge in [0.2, 0.25) is 0 Å². The highest BCUT2D eigenvalue weighted by Crippen LogP contribution is 2.40. The monoisotopic (exact) mass is 330 g/mol. The van der Waals surface area contributed by atoms with Crippen LogP contribution >= 0.6 is 0 Å². The molecule has 3 rings (SSSR count). The molecule has 0 saturated heterocycles. The van der Waals surface area contributed by atoms with Gasteiger partial charge in [-0.25, -0.2) is 0 Å². The molecule has 0 amide bonds. The Morgan fingerprint density at radius 2 is 1.68 bits per heavy atom. The van der Waals surface area contributed by atoms with E-state index in [0.29, 0.717) is 11.6 Å². The van der Waals surface area contributed by atoms with E-state index in [9.17, 15) is 0 Å². The smallest absolute Gasteiger partial charge is 0.0691 e. The summed E-state index contributed by atoms with van der Waals surface area (Å²) in [6, 6.07) is 16.5. The molecule has 1 unspecified atom stereocenters. The van der Waals surface area contributed by atoms with Crippen LogP contribution in [0.5, 0.6) is 0 Å². The van der Waals surface area contributed by atoms with Crippen molar-refractivity contribution in [2.75, 3.05) is 19.0 Å². The second-order valence-corrected chi connectivity index (χ2v) is 7.04. The van der Waals surface area contributed by atoms with Gasteiger partial charge in [-0.15, -0.1) is 0 Å². The van der Waals surface area contributed by atoms with Crippen LogP contribution in [0, 0.1) is 11.3 Å². The lowest BCUT2D eigenvalue weighted by atomic mass is 9.87. The molecule has 2 heteroatoms. The van der Waals surface area contributed by atoms with Crippen molar-refractivity contribution < 1.29 is 0 Å². The highest BCUT2D eigenvalue weighted by Gasteiger charge is 2.23. The van der Waals surface area contributed by atoms with Crippen molar-refractivity contribution in [2.24, 2.45) is 5.92 Å². The van der Waals surface area contributed by atoms with E-state index in [2.05, 4.69) is 49.9 Å². The van der Waals surface area contributed by atoms with E-state index >= 15 is 0 Å². The quantitative estimate of drug-likeness (QED) is 0.732. The Hall–Kier alpha value is -2.61. The summed E-state index contributed by atoms with van der Waals surface area (Å²) in [6.07, 6.45) is 2.32. The maximum atomic E-state index is 8.84. The number of hydrogen-bond donors (Lipinski definition) is 1. The summed E-state index contributed by atoms with van der Waals surface area (Å²) in [6.45, 7) is 6.61. The number of nitrogens with zero attached hydrogens (tertiary/aromatic N) is 1. The summed E-state index contributed by atoms with van der Waals surface area (Å²) < 4.78 is 0. The normalized spacial score (nSPS) is 16.8. The molecule has 1 atom stereocenters. The highest BCUT2D eigenvalue weighted by atomic mass is 15.1. The van der Waals surface area contributed by atoms with Crippen molar-refractivity contribution in [3.63, 3.8) is 0 Å². The third kappa shape index (κ3) is 3.17. The summed E-state index contributed by atoms with van der Waals surface area (Å²) in [5.41, 5.74) is 8.86. The minimum absolute atomic E-state index is 0.382. The van der Waals surface area contributed by atoms with Crippen molar-refractivity contribution >= 4 is 17.0 Å². The molecule has 0 spiro atoms. The van der Waals surface area contributed by atoms with Gasteiger partial charge in [-0.1, -0.05) is 55.0 Å². The SMILES string of the molecule is CC1=CC(C)C(c2ccc(N(C)C)cc2C(=N)c2ccccc2)=C1C. The Morgan fingerprint density at radius 3 is 2.24 bits per heavy atom. The van der Waals surface area contributed by atoms with Gasteiger partial charge >= 0.3 is 0 Å². The first kappa shape index (κ1) is 17.2. The molecule has 0 heterocycles. The minimum Gasteiger partial charge on any atom is -0.378 e. The Bertz CT molecular complexity index is 870. The van der Waals surface area contributed by atoms with Crippen LogP contribution in [0.3, 0.4) is 0 Å². The zero-order valence-electron chi connectivity index (χ0n) is 15.7. The third-order valence-electron chi connectivity index (χ3n) is 5.09. The van der Waals surface area contributed by atoms with Crippen molar-refractivity contribution in [1.29, 1.82) is 5.41 Å². The van der Waals surface area contributed by atoms with E-state index in [1.165, 1.54) is 22.3 Å². The zero-order chi connectivity index (χ0) is 18.1. The number of nitrogens with one attached hydrogen (secondary N) is 1. The molecule has 2 aromatic carbocycles. The fraction of sp³-hybridized carbons (Fsp3) is 0.261. The molecule has 2 nitrogen and oxygen atoms in total. The van der Waals surface area contributed by atoms with E-state index in [-0.39, 0.29) is 0 Å². The van der Waals surface area contributed by atoms with Gasteiger partial charge in [0.25, 0.3) is 0 Å². The first-order valence-corrected chi connectivity index (χ1v) is 8.75. The highest BCUT2D eigenvalue weighted by molar-refractivity contribution is 6.14. The van der Waals surface area contributed by atoms with Crippen LogP contribution in [0.4, 0.5) is 5.69 Å². The Kier molecular flexibility index (Phi) is 4.63.